The van der Waals surface area contributed by atoms with E-state index < -0.39 is 5.97 Å². The van der Waals surface area contributed by atoms with Crippen LogP contribution in [-0.4, -0.2) is 35.0 Å². The Labute approximate surface area is 136 Å². The van der Waals surface area contributed by atoms with Gasteiger partial charge in [-0.25, -0.2) is 0 Å². The van der Waals surface area contributed by atoms with E-state index >= 15 is 0 Å². The van der Waals surface area contributed by atoms with E-state index in [2.05, 4.69) is 22.6 Å². The maximum atomic E-state index is 12.3. The first-order valence-corrected chi connectivity index (χ1v) is 7.89. The van der Waals surface area contributed by atoms with Crippen LogP contribution in [0.25, 0.3) is 0 Å². The van der Waals surface area contributed by atoms with Crippen LogP contribution in [0.5, 0.6) is 0 Å². The van der Waals surface area contributed by atoms with Gasteiger partial charge in [0.2, 0.25) is 0 Å². The van der Waals surface area contributed by atoms with Crippen LogP contribution in [0.4, 0.5) is 0 Å². The molecule has 1 N–H and O–H groups in total. The van der Waals surface area contributed by atoms with E-state index in [-0.39, 0.29) is 18.2 Å². The van der Waals surface area contributed by atoms with E-state index in [0.717, 1.165) is 9.99 Å². The van der Waals surface area contributed by atoms with Crippen molar-refractivity contribution in [3.63, 3.8) is 0 Å². The molecule has 1 atom stereocenters. The second-order valence-electron chi connectivity index (χ2n) is 4.97. The summed E-state index contributed by atoms with van der Waals surface area (Å²) in [6.45, 7) is 1.32. The standard InChI is InChI=1S/C14H15ClINO3/c15-11-7-10(2-3-12(11)16)14(20)17-6-5-9(8-17)1-4-13(18)19/h2-3,7,9H,1,4-6,8H2,(H,18,19). The number of hydrogen-bond acceptors (Lipinski definition) is 2. The number of carboxylic acids is 1. The Bertz CT molecular complexity index is 535. The highest BCUT2D eigenvalue weighted by Gasteiger charge is 2.27. The highest BCUT2D eigenvalue weighted by Crippen LogP contribution is 2.25. The molecule has 1 aromatic carbocycles. The van der Waals surface area contributed by atoms with Gasteiger partial charge in [0.25, 0.3) is 5.91 Å². The van der Waals surface area contributed by atoms with E-state index in [9.17, 15) is 9.59 Å². The molecule has 0 radical (unpaired) electrons. The minimum absolute atomic E-state index is 0.0267. The third-order valence-corrected chi connectivity index (χ3v) is 5.08. The number of amides is 1. The van der Waals surface area contributed by atoms with Gasteiger partial charge < -0.3 is 10.0 Å². The number of carbonyl (C=O) groups excluding carboxylic acids is 1. The molecule has 0 saturated carbocycles. The van der Waals surface area contributed by atoms with Gasteiger partial charge in [0, 0.05) is 28.6 Å². The summed E-state index contributed by atoms with van der Waals surface area (Å²) < 4.78 is 0.918. The predicted octanol–water partition coefficient (Wildman–Crippen LogP) is 3.27. The zero-order valence-corrected chi connectivity index (χ0v) is 13.7. The molecule has 20 heavy (non-hydrogen) atoms. The van der Waals surface area contributed by atoms with Crippen molar-refractivity contribution >= 4 is 46.1 Å². The summed E-state index contributed by atoms with van der Waals surface area (Å²) in [5, 5.41) is 9.27. The van der Waals surface area contributed by atoms with Crippen LogP contribution in [0.1, 0.15) is 29.6 Å². The Morgan fingerprint density at radius 2 is 2.20 bits per heavy atom. The molecular formula is C14H15ClINO3. The third-order valence-electron chi connectivity index (χ3n) is 3.51. The fraction of sp³-hybridized carbons (Fsp3) is 0.429. The molecule has 0 aromatic heterocycles. The maximum absolute atomic E-state index is 12.3. The number of carboxylic acid groups (broad SMARTS) is 1. The summed E-state index contributed by atoms with van der Waals surface area (Å²) in [7, 11) is 0. The molecule has 1 unspecified atom stereocenters. The number of likely N-dealkylation sites (tertiary alicyclic amines) is 1. The molecule has 1 aliphatic rings. The number of benzene rings is 1. The average Bonchev–Trinajstić information content (AvgIpc) is 2.87. The van der Waals surface area contributed by atoms with Crippen molar-refractivity contribution in [3.8, 4) is 0 Å². The molecule has 1 saturated heterocycles. The van der Waals surface area contributed by atoms with Crippen molar-refractivity contribution in [2.75, 3.05) is 13.1 Å². The molecule has 1 fully saturated rings. The number of carbonyl (C=O) groups is 2. The second-order valence-corrected chi connectivity index (χ2v) is 6.54. The normalized spacial score (nSPS) is 18.3. The van der Waals surface area contributed by atoms with E-state index in [1.807, 2.05) is 6.07 Å². The Morgan fingerprint density at radius 1 is 1.45 bits per heavy atom. The van der Waals surface area contributed by atoms with Gasteiger partial charge in [-0.05, 0) is 59.5 Å². The molecule has 108 valence electrons. The smallest absolute Gasteiger partial charge is 0.303 e. The predicted molar refractivity (Wildman–Crippen MR) is 85.0 cm³/mol. The average molecular weight is 408 g/mol. The summed E-state index contributed by atoms with van der Waals surface area (Å²) in [5.74, 6) is -0.519. The van der Waals surface area contributed by atoms with Crippen LogP contribution in [0.2, 0.25) is 5.02 Å². The Morgan fingerprint density at radius 3 is 2.85 bits per heavy atom. The number of rotatable bonds is 4. The number of nitrogens with zero attached hydrogens (tertiary/aromatic N) is 1. The first-order chi connectivity index (χ1) is 9.47. The van der Waals surface area contributed by atoms with Gasteiger partial charge >= 0.3 is 5.97 Å². The summed E-state index contributed by atoms with van der Waals surface area (Å²) in [5.41, 5.74) is 0.592. The Balaban J connectivity index is 1.97. The SMILES string of the molecule is O=C(O)CCC1CCN(C(=O)c2ccc(I)c(Cl)c2)C1. The Hall–Kier alpha value is -0.820. The molecule has 6 heteroatoms. The molecule has 1 aliphatic heterocycles. The van der Waals surface area contributed by atoms with Crippen LogP contribution in [0, 0.1) is 9.49 Å². The fourth-order valence-electron chi connectivity index (χ4n) is 2.39. The fourth-order valence-corrected chi connectivity index (χ4v) is 2.91. The van der Waals surface area contributed by atoms with Gasteiger partial charge in [-0.1, -0.05) is 11.6 Å². The first-order valence-electron chi connectivity index (χ1n) is 6.43. The largest absolute Gasteiger partial charge is 0.481 e. The third kappa shape index (κ3) is 3.85. The molecule has 0 spiro atoms. The van der Waals surface area contributed by atoms with E-state index in [1.54, 1.807) is 17.0 Å². The maximum Gasteiger partial charge on any atom is 0.303 e. The molecule has 1 heterocycles. The van der Waals surface area contributed by atoms with Crippen molar-refractivity contribution in [2.45, 2.75) is 19.3 Å². The van der Waals surface area contributed by atoms with Gasteiger partial charge in [-0.2, -0.15) is 0 Å². The van der Waals surface area contributed by atoms with Crippen LogP contribution in [0.3, 0.4) is 0 Å². The molecule has 2 rings (SSSR count). The first kappa shape index (κ1) is 15.6. The van der Waals surface area contributed by atoms with Gasteiger partial charge in [0.15, 0.2) is 0 Å². The quantitative estimate of drug-likeness (QED) is 0.780. The molecule has 4 nitrogen and oxygen atoms in total. The zero-order valence-electron chi connectivity index (χ0n) is 10.8. The summed E-state index contributed by atoms with van der Waals surface area (Å²) in [6, 6.07) is 5.30. The highest BCUT2D eigenvalue weighted by atomic mass is 127. The number of hydrogen-bond donors (Lipinski definition) is 1. The monoisotopic (exact) mass is 407 g/mol. The van der Waals surface area contributed by atoms with Crippen molar-refractivity contribution < 1.29 is 14.7 Å². The summed E-state index contributed by atoms with van der Waals surface area (Å²) in [6.07, 6.45) is 1.67. The minimum Gasteiger partial charge on any atom is -0.481 e. The molecule has 1 amide bonds. The second kappa shape index (κ2) is 6.76. The summed E-state index contributed by atoms with van der Waals surface area (Å²) in [4.78, 5) is 24.7. The minimum atomic E-state index is -0.779. The van der Waals surface area contributed by atoms with Gasteiger partial charge in [0.1, 0.15) is 0 Å². The molecule has 1 aromatic rings. The van der Waals surface area contributed by atoms with E-state index in [4.69, 9.17) is 16.7 Å². The lowest BCUT2D eigenvalue weighted by atomic mass is 10.0. The summed E-state index contributed by atoms with van der Waals surface area (Å²) >= 11 is 8.15. The number of aliphatic carboxylic acids is 1. The number of halogens is 2. The molecular weight excluding hydrogens is 393 g/mol. The van der Waals surface area contributed by atoms with Gasteiger partial charge in [0.05, 0.1) is 5.02 Å². The van der Waals surface area contributed by atoms with Crippen LogP contribution < -0.4 is 0 Å². The lowest BCUT2D eigenvalue weighted by Gasteiger charge is -2.16. The van der Waals surface area contributed by atoms with Crippen molar-refractivity contribution in [2.24, 2.45) is 5.92 Å². The lowest BCUT2D eigenvalue weighted by molar-refractivity contribution is -0.137. The van der Waals surface area contributed by atoms with Crippen LogP contribution in [-0.2, 0) is 4.79 Å². The van der Waals surface area contributed by atoms with Crippen molar-refractivity contribution in [1.29, 1.82) is 0 Å². The highest BCUT2D eigenvalue weighted by molar-refractivity contribution is 14.1. The van der Waals surface area contributed by atoms with Crippen LogP contribution >= 0.6 is 34.2 Å². The van der Waals surface area contributed by atoms with Crippen LogP contribution in [0.15, 0.2) is 18.2 Å². The zero-order chi connectivity index (χ0) is 14.7. The Kier molecular flexibility index (Phi) is 5.26. The van der Waals surface area contributed by atoms with Gasteiger partial charge in [-0.3, -0.25) is 9.59 Å². The molecule has 0 bridgehead atoms. The lowest BCUT2D eigenvalue weighted by Crippen LogP contribution is -2.28. The van der Waals surface area contributed by atoms with Gasteiger partial charge in [-0.15, -0.1) is 0 Å². The van der Waals surface area contributed by atoms with Crippen molar-refractivity contribution in [1.82, 2.24) is 4.90 Å². The van der Waals surface area contributed by atoms with E-state index in [0.29, 0.717) is 30.1 Å². The topological polar surface area (TPSA) is 57.6 Å². The molecule has 0 aliphatic carbocycles. The van der Waals surface area contributed by atoms with Crippen molar-refractivity contribution in [3.05, 3.63) is 32.4 Å². The van der Waals surface area contributed by atoms with E-state index in [1.165, 1.54) is 0 Å².